The summed E-state index contributed by atoms with van der Waals surface area (Å²) in [6.07, 6.45) is -0.0977. The number of benzene rings is 1. The molecule has 0 spiro atoms. The van der Waals surface area contributed by atoms with Gasteiger partial charge in [0.15, 0.2) is 23.4 Å². The SMILES string of the molecule is O=C(Cc1ccsc1)C1COc2ccccc2O1. The molecule has 18 heavy (non-hydrogen) atoms. The quantitative estimate of drug-likeness (QED) is 0.851. The third kappa shape index (κ3) is 2.24. The molecule has 0 saturated carbocycles. The Labute approximate surface area is 109 Å². The lowest BCUT2D eigenvalue weighted by molar-refractivity contribution is -0.127. The van der Waals surface area contributed by atoms with Gasteiger partial charge in [0.05, 0.1) is 0 Å². The summed E-state index contributed by atoms with van der Waals surface area (Å²) in [6, 6.07) is 9.37. The van der Waals surface area contributed by atoms with Gasteiger partial charge in [0.1, 0.15) is 6.61 Å². The molecule has 0 bridgehead atoms. The highest BCUT2D eigenvalue weighted by Crippen LogP contribution is 2.31. The first-order valence-electron chi connectivity index (χ1n) is 5.75. The second-order valence-electron chi connectivity index (χ2n) is 4.14. The molecular weight excluding hydrogens is 248 g/mol. The first-order chi connectivity index (χ1) is 8.83. The van der Waals surface area contributed by atoms with Crippen molar-refractivity contribution < 1.29 is 14.3 Å². The second kappa shape index (κ2) is 4.82. The molecule has 2 heterocycles. The number of hydrogen-bond acceptors (Lipinski definition) is 4. The molecule has 1 aliphatic heterocycles. The molecular formula is C14H12O3S. The molecule has 0 saturated heterocycles. The van der Waals surface area contributed by atoms with Crippen LogP contribution < -0.4 is 9.47 Å². The zero-order valence-electron chi connectivity index (χ0n) is 9.67. The Morgan fingerprint density at radius 3 is 2.89 bits per heavy atom. The highest BCUT2D eigenvalue weighted by Gasteiger charge is 2.26. The highest BCUT2D eigenvalue weighted by atomic mass is 32.1. The third-order valence-corrected chi connectivity index (χ3v) is 3.56. The zero-order valence-corrected chi connectivity index (χ0v) is 10.5. The largest absolute Gasteiger partial charge is 0.485 e. The van der Waals surface area contributed by atoms with Crippen LogP contribution in [0.5, 0.6) is 11.5 Å². The molecule has 0 aliphatic carbocycles. The van der Waals surface area contributed by atoms with E-state index >= 15 is 0 Å². The average molecular weight is 260 g/mol. The van der Waals surface area contributed by atoms with E-state index in [9.17, 15) is 4.79 Å². The van der Waals surface area contributed by atoms with Gasteiger partial charge < -0.3 is 9.47 Å². The van der Waals surface area contributed by atoms with Gasteiger partial charge in [-0.15, -0.1) is 0 Å². The predicted molar refractivity (Wildman–Crippen MR) is 69.4 cm³/mol. The van der Waals surface area contributed by atoms with Crippen LogP contribution in [0, 0.1) is 0 Å². The van der Waals surface area contributed by atoms with E-state index in [1.807, 2.05) is 41.1 Å². The van der Waals surface area contributed by atoms with Crippen molar-refractivity contribution in [1.29, 1.82) is 0 Å². The maximum atomic E-state index is 12.1. The van der Waals surface area contributed by atoms with Crippen LogP contribution in [0.15, 0.2) is 41.1 Å². The summed E-state index contributed by atoms with van der Waals surface area (Å²) in [5.41, 5.74) is 1.03. The standard InChI is InChI=1S/C14H12O3S/c15-11(7-10-5-6-18-9-10)14-8-16-12-3-1-2-4-13(12)17-14/h1-6,9,14H,7-8H2. The molecule has 1 aromatic carbocycles. The van der Waals surface area contributed by atoms with Gasteiger partial charge in [-0.1, -0.05) is 12.1 Å². The lowest BCUT2D eigenvalue weighted by Crippen LogP contribution is -2.37. The summed E-state index contributed by atoms with van der Waals surface area (Å²) >= 11 is 1.59. The van der Waals surface area contributed by atoms with Crippen LogP contribution in [0.2, 0.25) is 0 Å². The summed E-state index contributed by atoms with van der Waals surface area (Å²) in [4.78, 5) is 12.1. The van der Waals surface area contributed by atoms with Gasteiger partial charge in [-0.2, -0.15) is 11.3 Å². The minimum atomic E-state index is -0.500. The molecule has 0 amide bonds. The van der Waals surface area contributed by atoms with Crippen molar-refractivity contribution in [1.82, 2.24) is 0 Å². The van der Waals surface area contributed by atoms with E-state index < -0.39 is 6.10 Å². The molecule has 1 aromatic heterocycles. The van der Waals surface area contributed by atoms with E-state index in [1.54, 1.807) is 11.3 Å². The van der Waals surface area contributed by atoms with Crippen LogP contribution in [-0.4, -0.2) is 18.5 Å². The van der Waals surface area contributed by atoms with Gasteiger partial charge in [-0.3, -0.25) is 4.79 Å². The van der Waals surface area contributed by atoms with Gasteiger partial charge in [-0.05, 0) is 34.5 Å². The number of para-hydroxylation sites is 2. The molecule has 1 atom stereocenters. The van der Waals surface area contributed by atoms with Crippen molar-refractivity contribution in [2.24, 2.45) is 0 Å². The molecule has 3 nitrogen and oxygen atoms in total. The van der Waals surface area contributed by atoms with Crippen LogP contribution >= 0.6 is 11.3 Å². The van der Waals surface area contributed by atoms with Crippen molar-refractivity contribution in [3.8, 4) is 11.5 Å². The summed E-state index contributed by atoms with van der Waals surface area (Å²) < 4.78 is 11.2. The lowest BCUT2D eigenvalue weighted by Gasteiger charge is -2.25. The fourth-order valence-corrected chi connectivity index (χ4v) is 2.56. The van der Waals surface area contributed by atoms with Crippen LogP contribution in [0.3, 0.4) is 0 Å². The molecule has 4 heteroatoms. The molecule has 2 aromatic rings. The van der Waals surface area contributed by atoms with Crippen molar-refractivity contribution in [3.05, 3.63) is 46.7 Å². The van der Waals surface area contributed by atoms with E-state index in [4.69, 9.17) is 9.47 Å². The summed E-state index contributed by atoms with van der Waals surface area (Å²) in [7, 11) is 0. The Kier molecular flexibility index (Phi) is 3.02. The molecule has 0 N–H and O–H groups in total. The number of ketones is 1. The lowest BCUT2D eigenvalue weighted by atomic mass is 10.1. The fourth-order valence-electron chi connectivity index (χ4n) is 1.89. The highest BCUT2D eigenvalue weighted by molar-refractivity contribution is 7.08. The molecule has 1 aliphatic rings. The van der Waals surface area contributed by atoms with E-state index in [0.717, 1.165) is 5.56 Å². The number of thiophene rings is 1. The molecule has 1 unspecified atom stereocenters. The average Bonchev–Trinajstić information content (AvgIpc) is 2.91. The fraction of sp³-hybridized carbons (Fsp3) is 0.214. The van der Waals surface area contributed by atoms with Crippen LogP contribution in [-0.2, 0) is 11.2 Å². The number of fused-ring (bicyclic) bond motifs is 1. The number of carbonyl (C=O) groups is 1. The monoisotopic (exact) mass is 260 g/mol. The van der Waals surface area contributed by atoms with E-state index in [-0.39, 0.29) is 5.78 Å². The van der Waals surface area contributed by atoms with E-state index in [1.165, 1.54) is 0 Å². The minimum absolute atomic E-state index is 0.0582. The first kappa shape index (κ1) is 11.3. The third-order valence-electron chi connectivity index (χ3n) is 2.83. The normalized spacial score (nSPS) is 17.4. The Bertz CT molecular complexity index is 548. The Morgan fingerprint density at radius 2 is 2.11 bits per heavy atom. The number of carbonyl (C=O) groups excluding carboxylic acids is 1. The minimum Gasteiger partial charge on any atom is -0.485 e. The molecule has 92 valence electrons. The number of ether oxygens (including phenoxy) is 2. The van der Waals surface area contributed by atoms with Gasteiger partial charge in [0.2, 0.25) is 0 Å². The predicted octanol–water partition coefficient (Wildman–Crippen LogP) is 2.70. The summed E-state index contributed by atoms with van der Waals surface area (Å²) in [5, 5.41) is 3.95. The van der Waals surface area contributed by atoms with Crippen molar-refractivity contribution in [3.63, 3.8) is 0 Å². The smallest absolute Gasteiger partial charge is 0.191 e. The second-order valence-corrected chi connectivity index (χ2v) is 4.92. The van der Waals surface area contributed by atoms with Crippen LogP contribution in [0.1, 0.15) is 5.56 Å². The van der Waals surface area contributed by atoms with Gasteiger partial charge >= 0.3 is 0 Å². The van der Waals surface area contributed by atoms with E-state index in [2.05, 4.69) is 0 Å². The van der Waals surface area contributed by atoms with Crippen molar-refractivity contribution >= 4 is 17.1 Å². The van der Waals surface area contributed by atoms with E-state index in [0.29, 0.717) is 24.5 Å². The Balaban J connectivity index is 1.70. The first-order valence-corrected chi connectivity index (χ1v) is 6.69. The van der Waals surface area contributed by atoms with Gasteiger partial charge in [0, 0.05) is 6.42 Å². The van der Waals surface area contributed by atoms with Crippen LogP contribution in [0.25, 0.3) is 0 Å². The topological polar surface area (TPSA) is 35.5 Å². The molecule has 0 radical (unpaired) electrons. The maximum absolute atomic E-state index is 12.1. The Hall–Kier alpha value is -1.81. The van der Waals surface area contributed by atoms with Crippen molar-refractivity contribution in [2.75, 3.05) is 6.61 Å². The summed E-state index contributed by atoms with van der Waals surface area (Å²) in [6.45, 7) is 0.292. The zero-order chi connectivity index (χ0) is 12.4. The summed E-state index contributed by atoms with van der Waals surface area (Å²) in [5.74, 6) is 1.41. The van der Waals surface area contributed by atoms with Crippen LogP contribution in [0.4, 0.5) is 0 Å². The Morgan fingerprint density at radius 1 is 1.28 bits per heavy atom. The number of Topliss-reactive ketones (excluding diaryl/α,β-unsaturated/α-hetero) is 1. The molecule has 3 rings (SSSR count). The number of hydrogen-bond donors (Lipinski definition) is 0. The van der Waals surface area contributed by atoms with Gasteiger partial charge in [-0.25, -0.2) is 0 Å². The number of rotatable bonds is 3. The van der Waals surface area contributed by atoms with Crippen molar-refractivity contribution in [2.45, 2.75) is 12.5 Å². The van der Waals surface area contributed by atoms with Gasteiger partial charge in [0.25, 0.3) is 0 Å². The maximum Gasteiger partial charge on any atom is 0.191 e. The molecule has 0 fully saturated rings.